The number of aliphatic carboxylic acids is 1. The van der Waals surface area contributed by atoms with Gasteiger partial charge in [0, 0.05) is 18.4 Å². The number of nitrogens with two attached hydrogens (primary N) is 1. The van der Waals surface area contributed by atoms with Crippen LogP contribution in [0.25, 0.3) is 0 Å². The highest BCUT2D eigenvalue weighted by atomic mass is 35.5. The Kier molecular flexibility index (Phi) is 9.36. The van der Waals surface area contributed by atoms with E-state index in [1.54, 1.807) is 12.4 Å². The van der Waals surface area contributed by atoms with E-state index < -0.39 is 5.97 Å². The molecule has 0 aliphatic rings. The maximum atomic E-state index is 10.3. The molecule has 0 aliphatic heterocycles. The number of carboxylic acids is 1. The van der Waals surface area contributed by atoms with E-state index in [0.29, 0.717) is 6.42 Å². The Morgan fingerprint density at radius 1 is 1.40 bits per heavy atom. The molecule has 86 valence electrons. The maximum absolute atomic E-state index is 10.3. The summed E-state index contributed by atoms with van der Waals surface area (Å²) in [5, 5.41) is 8.47. The van der Waals surface area contributed by atoms with Crippen LogP contribution < -0.4 is 5.73 Å². The Hall–Kier alpha value is -0.840. The summed E-state index contributed by atoms with van der Waals surface area (Å²) in [6.45, 7) is 0. The predicted octanol–water partition coefficient (Wildman–Crippen LogP) is 1.27. The number of hydrogen-bond donors (Lipinski definition) is 2. The van der Waals surface area contributed by atoms with Gasteiger partial charge in [-0.05, 0) is 24.1 Å². The molecule has 0 amide bonds. The molecule has 1 aromatic rings. The molecule has 4 nitrogen and oxygen atoms in total. The molecule has 1 heterocycles. The molecular weight excluding hydrogens is 239 g/mol. The third-order valence-corrected chi connectivity index (χ3v) is 1.68. The summed E-state index contributed by atoms with van der Waals surface area (Å²) in [5.41, 5.74) is 6.62. The minimum atomic E-state index is -0.860. The molecule has 0 aliphatic carbocycles. The number of rotatable bonds is 4. The van der Waals surface area contributed by atoms with Crippen LogP contribution in [0.3, 0.4) is 0 Å². The molecule has 1 aromatic heterocycles. The number of carbonyl (C=O) groups is 1. The van der Waals surface area contributed by atoms with Crippen molar-refractivity contribution < 1.29 is 9.90 Å². The Bertz CT molecular complexity index is 283. The zero-order valence-corrected chi connectivity index (χ0v) is 9.63. The first-order chi connectivity index (χ1) is 6.18. The van der Waals surface area contributed by atoms with Crippen molar-refractivity contribution >= 4 is 30.8 Å². The lowest BCUT2D eigenvalue weighted by atomic mass is 10.1. The lowest BCUT2D eigenvalue weighted by Crippen LogP contribution is -2.26. The van der Waals surface area contributed by atoms with Gasteiger partial charge in [0.2, 0.25) is 0 Å². The summed E-state index contributed by atoms with van der Waals surface area (Å²) in [6.07, 6.45) is 3.92. The molecule has 3 N–H and O–H groups in total. The lowest BCUT2D eigenvalue weighted by molar-refractivity contribution is -0.137. The quantitative estimate of drug-likeness (QED) is 0.847. The number of carboxylic acid groups (broad SMARTS) is 1. The third kappa shape index (κ3) is 7.13. The summed E-state index contributed by atoms with van der Waals surface area (Å²) < 4.78 is 0. The molecular formula is C9H14Cl2N2O2. The molecule has 0 saturated heterocycles. The van der Waals surface area contributed by atoms with E-state index in [0.717, 1.165) is 5.56 Å². The topological polar surface area (TPSA) is 76.2 Å². The van der Waals surface area contributed by atoms with Crippen molar-refractivity contribution in [2.24, 2.45) is 5.73 Å². The lowest BCUT2D eigenvalue weighted by Gasteiger charge is -2.07. The SMILES string of the molecule is Cl.Cl.N[C@@H](CC(=O)O)Cc1ccncc1. The Morgan fingerprint density at radius 3 is 2.40 bits per heavy atom. The normalized spacial score (nSPS) is 10.7. The zero-order chi connectivity index (χ0) is 9.68. The maximum Gasteiger partial charge on any atom is 0.304 e. The van der Waals surface area contributed by atoms with Crippen LogP contribution in [0.1, 0.15) is 12.0 Å². The van der Waals surface area contributed by atoms with Crippen LogP contribution in [0.2, 0.25) is 0 Å². The van der Waals surface area contributed by atoms with E-state index in [4.69, 9.17) is 10.8 Å². The molecule has 0 radical (unpaired) electrons. The van der Waals surface area contributed by atoms with Gasteiger partial charge in [-0.15, -0.1) is 24.8 Å². The van der Waals surface area contributed by atoms with Gasteiger partial charge >= 0.3 is 5.97 Å². The molecule has 0 saturated carbocycles. The van der Waals surface area contributed by atoms with Gasteiger partial charge in [0.05, 0.1) is 6.42 Å². The Balaban J connectivity index is 0. The van der Waals surface area contributed by atoms with E-state index in [-0.39, 0.29) is 37.3 Å². The number of nitrogens with zero attached hydrogens (tertiary/aromatic N) is 1. The highest BCUT2D eigenvalue weighted by Gasteiger charge is 2.08. The molecule has 1 atom stereocenters. The molecule has 6 heteroatoms. The Morgan fingerprint density at radius 2 is 1.93 bits per heavy atom. The summed E-state index contributed by atoms with van der Waals surface area (Å²) in [7, 11) is 0. The van der Waals surface area contributed by atoms with E-state index in [1.807, 2.05) is 12.1 Å². The molecule has 0 fully saturated rings. The van der Waals surface area contributed by atoms with E-state index >= 15 is 0 Å². The highest BCUT2D eigenvalue weighted by molar-refractivity contribution is 5.85. The number of pyridine rings is 1. The molecule has 0 aromatic carbocycles. The zero-order valence-electron chi connectivity index (χ0n) is 8.00. The fourth-order valence-corrected chi connectivity index (χ4v) is 1.12. The van der Waals surface area contributed by atoms with Gasteiger partial charge in [0.1, 0.15) is 0 Å². The van der Waals surface area contributed by atoms with Gasteiger partial charge in [-0.3, -0.25) is 9.78 Å². The minimum absolute atomic E-state index is 0. The largest absolute Gasteiger partial charge is 0.481 e. The molecule has 0 bridgehead atoms. The monoisotopic (exact) mass is 252 g/mol. The second-order valence-electron chi connectivity index (χ2n) is 2.92. The van der Waals surface area contributed by atoms with Crippen LogP contribution in [0.4, 0.5) is 0 Å². The van der Waals surface area contributed by atoms with Crippen molar-refractivity contribution in [3.8, 4) is 0 Å². The van der Waals surface area contributed by atoms with Crippen molar-refractivity contribution in [2.75, 3.05) is 0 Å². The van der Waals surface area contributed by atoms with Crippen molar-refractivity contribution in [3.05, 3.63) is 30.1 Å². The first-order valence-corrected chi connectivity index (χ1v) is 4.05. The molecule has 15 heavy (non-hydrogen) atoms. The summed E-state index contributed by atoms with van der Waals surface area (Å²) >= 11 is 0. The summed E-state index contributed by atoms with van der Waals surface area (Å²) in [5.74, 6) is -0.860. The number of aromatic nitrogens is 1. The van der Waals surface area contributed by atoms with Crippen molar-refractivity contribution in [1.82, 2.24) is 4.98 Å². The van der Waals surface area contributed by atoms with Gasteiger partial charge in [-0.25, -0.2) is 0 Å². The molecule has 0 spiro atoms. The van der Waals surface area contributed by atoms with Crippen LogP contribution >= 0.6 is 24.8 Å². The number of halogens is 2. The van der Waals surface area contributed by atoms with Gasteiger partial charge in [0.15, 0.2) is 0 Å². The summed E-state index contributed by atoms with van der Waals surface area (Å²) in [4.78, 5) is 14.2. The van der Waals surface area contributed by atoms with E-state index in [9.17, 15) is 4.79 Å². The molecule has 0 unspecified atom stereocenters. The highest BCUT2D eigenvalue weighted by Crippen LogP contribution is 2.02. The fraction of sp³-hybridized carbons (Fsp3) is 0.333. The second-order valence-corrected chi connectivity index (χ2v) is 2.92. The Labute approximate surface area is 101 Å². The second kappa shape index (κ2) is 8.47. The molecule has 1 rings (SSSR count). The van der Waals surface area contributed by atoms with Crippen molar-refractivity contribution in [2.45, 2.75) is 18.9 Å². The van der Waals surface area contributed by atoms with Crippen LogP contribution in [-0.4, -0.2) is 22.1 Å². The van der Waals surface area contributed by atoms with Crippen LogP contribution in [0, 0.1) is 0 Å². The van der Waals surface area contributed by atoms with Crippen LogP contribution in [0.5, 0.6) is 0 Å². The standard InChI is InChI=1S/C9H12N2O2.2ClH/c10-8(6-9(12)13)5-7-1-3-11-4-2-7;;/h1-4,8H,5-6,10H2,(H,12,13);2*1H/t8-;;/m1../s1. The first kappa shape index (κ1) is 16.6. The average Bonchev–Trinajstić information content (AvgIpc) is 2.04. The average molecular weight is 253 g/mol. The smallest absolute Gasteiger partial charge is 0.304 e. The summed E-state index contributed by atoms with van der Waals surface area (Å²) in [6, 6.07) is 3.35. The van der Waals surface area contributed by atoms with Gasteiger partial charge in [-0.2, -0.15) is 0 Å². The van der Waals surface area contributed by atoms with E-state index in [2.05, 4.69) is 4.98 Å². The first-order valence-electron chi connectivity index (χ1n) is 4.05. The van der Waals surface area contributed by atoms with E-state index in [1.165, 1.54) is 0 Å². The number of hydrogen-bond acceptors (Lipinski definition) is 3. The van der Waals surface area contributed by atoms with Crippen molar-refractivity contribution in [1.29, 1.82) is 0 Å². The minimum Gasteiger partial charge on any atom is -0.481 e. The van der Waals surface area contributed by atoms with Crippen molar-refractivity contribution in [3.63, 3.8) is 0 Å². The van der Waals surface area contributed by atoms with Gasteiger partial charge < -0.3 is 10.8 Å². The van der Waals surface area contributed by atoms with Gasteiger partial charge in [-0.1, -0.05) is 0 Å². The van der Waals surface area contributed by atoms with Crippen LogP contribution in [0.15, 0.2) is 24.5 Å². The van der Waals surface area contributed by atoms with Crippen LogP contribution in [-0.2, 0) is 11.2 Å². The fourth-order valence-electron chi connectivity index (χ4n) is 1.12. The third-order valence-electron chi connectivity index (χ3n) is 1.68. The predicted molar refractivity (Wildman–Crippen MR) is 62.7 cm³/mol. The van der Waals surface area contributed by atoms with Gasteiger partial charge in [0.25, 0.3) is 0 Å².